The van der Waals surface area contributed by atoms with Gasteiger partial charge in [-0.05, 0) is 35.7 Å². The molecule has 0 aromatic heterocycles. The Kier molecular flexibility index (Phi) is 6.46. The lowest BCUT2D eigenvalue weighted by atomic mass is 9.95. The molecule has 2 unspecified atom stereocenters. The van der Waals surface area contributed by atoms with Gasteiger partial charge in [0.2, 0.25) is 5.91 Å². The van der Waals surface area contributed by atoms with E-state index in [9.17, 15) is 9.90 Å². The Hall–Kier alpha value is -1.55. The van der Waals surface area contributed by atoms with Gasteiger partial charge in [-0.25, -0.2) is 0 Å². The van der Waals surface area contributed by atoms with Crippen LogP contribution in [0.25, 0.3) is 0 Å². The predicted molar refractivity (Wildman–Crippen MR) is 93.9 cm³/mol. The van der Waals surface area contributed by atoms with Crippen molar-refractivity contribution in [3.05, 3.63) is 69.7 Å². The maximum Gasteiger partial charge on any atom is 0.227 e. The Morgan fingerprint density at radius 1 is 1.09 bits per heavy atom. The van der Waals surface area contributed by atoms with E-state index in [0.29, 0.717) is 22.0 Å². The quantitative estimate of drug-likeness (QED) is 0.813. The van der Waals surface area contributed by atoms with Crippen LogP contribution < -0.4 is 5.32 Å². The molecule has 0 bridgehead atoms. The predicted octanol–water partition coefficient (Wildman–Crippen LogP) is 4.34. The van der Waals surface area contributed by atoms with Crippen molar-refractivity contribution in [1.82, 2.24) is 5.32 Å². The Balaban J connectivity index is 2.00. The van der Waals surface area contributed by atoms with Crippen molar-refractivity contribution < 1.29 is 9.90 Å². The van der Waals surface area contributed by atoms with E-state index in [1.807, 2.05) is 37.3 Å². The molecule has 0 fully saturated rings. The molecule has 0 radical (unpaired) electrons. The third-order valence-electron chi connectivity index (χ3n) is 3.67. The fraction of sp³-hybridized carbons (Fsp3) is 0.278. The highest BCUT2D eigenvalue weighted by molar-refractivity contribution is 6.34. The Labute approximate surface area is 146 Å². The summed E-state index contributed by atoms with van der Waals surface area (Å²) in [5, 5.41) is 13.9. The van der Waals surface area contributed by atoms with E-state index in [4.69, 9.17) is 23.2 Å². The van der Waals surface area contributed by atoms with Gasteiger partial charge in [0.15, 0.2) is 0 Å². The second-order valence-electron chi connectivity index (χ2n) is 5.34. The lowest BCUT2D eigenvalue weighted by molar-refractivity contribution is -0.123. The van der Waals surface area contributed by atoms with E-state index in [1.165, 1.54) is 0 Å². The number of aliphatic hydroxyl groups is 1. The van der Waals surface area contributed by atoms with Crippen LogP contribution in [-0.2, 0) is 4.79 Å². The van der Waals surface area contributed by atoms with E-state index in [-0.39, 0.29) is 18.4 Å². The Bertz CT molecular complexity index is 641. The van der Waals surface area contributed by atoms with Gasteiger partial charge in [0, 0.05) is 16.6 Å². The minimum Gasteiger partial charge on any atom is -0.387 e. The molecule has 0 aliphatic rings. The van der Waals surface area contributed by atoms with Crippen LogP contribution in [0.15, 0.2) is 48.5 Å². The van der Waals surface area contributed by atoms with Gasteiger partial charge >= 0.3 is 0 Å². The summed E-state index contributed by atoms with van der Waals surface area (Å²) in [4.78, 5) is 12.4. The lowest BCUT2D eigenvalue weighted by Gasteiger charge is -2.18. The van der Waals surface area contributed by atoms with Crippen molar-refractivity contribution in [3.63, 3.8) is 0 Å². The first-order chi connectivity index (χ1) is 11.0. The minimum atomic E-state index is -0.858. The van der Waals surface area contributed by atoms with Crippen LogP contribution in [0.2, 0.25) is 10.0 Å². The molecule has 2 rings (SSSR count). The van der Waals surface area contributed by atoms with Gasteiger partial charge in [-0.2, -0.15) is 0 Å². The van der Waals surface area contributed by atoms with Crippen LogP contribution in [0, 0.1) is 0 Å². The SMILES string of the molecule is CCC(C(=O)NCC(O)c1cc(Cl)cc(Cl)c1)c1ccccc1. The Morgan fingerprint density at radius 2 is 1.70 bits per heavy atom. The van der Waals surface area contributed by atoms with Gasteiger partial charge in [-0.3, -0.25) is 4.79 Å². The van der Waals surface area contributed by atoms with Crippen LogP contribution in [0.4, 0.5) is 0 Å². The monoisotopic (exact) mass is 351 g/mol. The first-order valence-electron chi connectivity index (χ1n) is 7.48. The van der Waals surface area contributed by atoms with Crippen molar-refractivity contribution in [1.29, 1.82) is 0 Å². The molecule has 0 aliphatic heterocycles. The molecule has 5 heteroatoms. The largest absolute Gasteiger partial charge is 0.387 e. The van der Waals surface area contributed by atoms with Gasteiger partial charge in [0.05, 0.1) is 12.0 Å². The van der Waals surface area contributed by atoms with Crippen molar-refractivity contribution in [2.24, 2.45) is 0 Å². The summed E-state index contributed by atoms with van der Waals surface area (Å²) in [5.74, 6) is -0.336. The normalized spacial score (nSPS) is 13.4. The summed E-state index contributed by atoms with van der Waals surface area (Å²) in [7, 11) is 0. The number of amides is 1. The zero-order valence-electron chi connectivity index (χ0n) is 12.8. The van der Waals surface area contributed by atoms with E-state index in [2.05, 4.69) is 5.32 Å². The van der Waals surface area contributed by atoms with E-state index >= 15 is 0 Å². The summed E-state index contributed by atoms with van der Waals surface area (Å²) in [5.41, 5.74) is 1.54. The van der Waals surface area contributed by atoms with Crippen molar-refractivity contribution in [2.45, 2.75) is 25.4 Å². The molecule has 0 heterocycles. The summed E-state index contributed by atoms with van der Waals surface area (Å²) in [6, 6.07) is 14.5. The Morgan fingerprint density at radius 3 is 2.26 bits per heavy atom. The summed E-state index contributed by atoms with van der Waals surface area (Å²) in [6.45, 7) is 2.07. The molecule has 0 aliphatic carbocycles. The van der Waals surface area contributed by atoms with Crippen LogP contribution >= 0.6 is 23.2 Å². The molecule has 23 heavy (non-hydrogen) atoms. The number of carbonyl (C=O) groups excluding carboxylic acids is 1. The standard InChI is InChI=1S/C18H19Cl2NO2/c1-2-16(12-6-4-3-5-7-12)18(23)21-11-17(22)13-8-14(19)10-15(20)9-13/h3-10,16-17,22H,2,11H2,1H3,(H,21,23). The topological polar surface area (TPSA) is 49.3 Å². The molecule has 2 aromatic carbocycles. The smallest absolute Gasteiger partial charge is 0.227 e. The molecule has 0 saturated heterocycles. The second kappa shape index (κ2) is 8.34. The molecule has 122 valence electrons. The van der Waals surface area contributed by atoms with E-state index < -0.39 is 6.10 Å². The average Bonchev–Trinajstić information content (AvgIpc) is 2.53. The third kappa shape index (κ3) is 4.96. The molecule has 2 atom stereocenters. The molecule has 3 nitrogen and oxygen atoms in total. The molecule has 1 amide bonds. The number of carbonyl (C=O) groups is 1. The number of aliphatic hydroxyl groups excluding tert-OH is 1. The van der Waals surface area contributed by atoms with Gasteiger partial charge in [0.25, 0.3) is 0 Å². The van der Waals surface area contributed by atoms with Crippen molar-refractivity contribution in [3.8, 4) is 0 Å². The van der Waals surface area contributed by atoms with Gasteiger partial charge in [0.1, 0.15) is 0 Å². The number of hydrogen-bond acceptors (Lipinski definition) is 2. The highest BCUT2D eigenvalue weighted by Crippen LogP contribution is 2.24. The van der Waals surface area contributed by atoms with Crippen LogP contribution in [-0.4, -0.2) is 17.6 Å². The molecule has 0 saturated carbocycles. The van der Waals surface area contributed by atoms with Gasteiger partial charge in [-0.1, -0.05) is 60.5 Å². The summed E-state index contributed by atoms with van der Waals surface area (Å²) in [6.07, 6.45) is -0.169. The van der Waals surface area contributed by atoms with Crippen LogP contribution in [0.5, 0.6) is 0 Å². The second-order valence-corrected chi connectivity index (χ2v) is 6.21. The molecule has 0 spiro atoms. The van der Waals surface area contributed by atoms with Crippen molar-refractivity contribution >= 4 is 29.1 Å². The van der Waals surface area contributed by atoms with Crippen LogP contribution in [0.1, 0.15) is 36.5 Å². The fourth-order valence-electron chi connectivity index (χ4n) is 2.46. The third-order valence-corrected chi connectivity index (χ3v) is 4.10. The maximum atomic E-state index is 12.4. The average molecular weight is 352 g/mol. The number of halogens is 2. The highest BCUT2D eigenvalue weighted by Gasteiger charge is 2.19. The summed E-state index contributed by atoms with van der Waals surface area (Å²) < 4.78 is 0. The fourth-order valence-corrected chi connectivity index (χ4v) is 3.01. The number of benzene rings is 2. The maximum absolute atomic E-state index is 12.4. The van der Waals surface area contributed by atoms with Crippen molar-refractivity contribution in [2.75, 3.05) is 6.54 Å². The first kappa shape index (κ1) is 17.8. The number of rotatable bonds is 6. The zero-order valence-corrected chi connectivity index (χ0v) is 14.3. The number of nitrogens with one attached hydrogen (secondary N) is 1. The molecule has 2 N–H and O–H groups in total. The van der Waals surface area contributed by atoms with Crippen LogP contribution in [0.3, 0.4) is 0 Å². The summed E-state index contributed by atoms with van der Waals surface area (Å²) >= 11 is 11.9. The molecular weight excluding hydrogens is 333 g/mol. The number of hydrogen-bond donors (Lipinski definition) is 2. The van der Waals surface area contributed by atoms with E-state index in [1.54, 1.807) is 18.2 Å². The van der Waals surface area contributed by atoms with Gasteiger partial charge < -0.3 is 10.4 Å². The highest BCUT2D eigenvalue weighted by atomic mass is 35.5. The zero-order chi connectivity index (χ0) is 16.8. The molecule has 2 aromatic rings. The lowest BCUT2D eigenvalue weighted by Crippen LogP contribution is -2.32. The van der Waals surface area contributed by atoms with E-state index in [0.717, 1.165) is 5.56 Å². The minimum absolute atomic E-state index is 0.106. The first-order valence-corrected chi connectivity index (χ1v) is 8.23. The van der Waals surface area contributed by atoms with Gasteiger partial charge in [-0.15, -0.1) is 0 Å². The molecular formula is C18H19Cl2NO2.